The molecule has 0 fully saturated rings. The molecule has 0 heterocycles. The molecular weight excluding hydrogens is 1400 g/mol. The highest BCUT2D eigenvalue weighted by molar-refractivity contribution is 5.92. The fourth-order valence-corrected chi connectivity index (χ4v) is 10.5. The van der Waals surface area contributed by atoms with E-state index in [1.807, 2.05) is 12.2 Å². The van der Waals surface area contributed by atoms with Gasteiger partial charge >= 0.3 is 59.7 Å². The van der Waals surface area contributed by atoms with Crippen LogP contribution in [0.4, 0.5) is 0 Å². The number of nitrogens with one attached hydrogen (secondary N) is 7. The molecule has 0 spiro atoms. The molecule has 0 aromatic carbocycles. The summed E-state index contributed by atoms with van der Waals surface area (Å²) < 4.78 is 0. The Kier molecular flexibility index (Phi) is 45.5. The number of hydrogen-bond donors (Lipinski definition) is 17. The Morgan fingerprint density at radius 1 is 0.257 bits per heavy atom. The number of carbonyl (C=O) groups excluding carboxylic acids is 12. The van der Waals surface area contributed by atoms with Crippen LogP contribution < -0.4 is 37.2 Å². The van der Waals surface area contributed by atoms with E-state index in [9.17, 15) is 157 Å². The zero-order chi connectivity index (χ0) is 80.2. The van der Waals surface area contributed by atoms with Gasteiger partial charge in [-0.1, -0.05) is 20.3 Å². The van der Waals surface area contributed by atoms with Crippen LogP contribution in [-0.2, 0) is 105 Å². The number of ketones is 5. The third kappa shape index (κ3) is 42.5. The molecule has 0 saturated heterocycles. The Bertz CT molecular complexity index is 3130. The maximum atomic E-state index is 12.9. The first-order chi connectivity index (χ1) is 49.1. The molecular formula is C66H97N7O32. The highest BCUT2D eigenvalue weighted by Crippen LogP contribution is 2.21. The quantitative estimate of drug-likeness (QED) is 0.0361. The molecule has 0 saturated carbocycles. The molecule has 0 aliphatic heterocycles. The average Bonchev–Trinajstić information content (AvgIpc) is 0.911. The third-order valence-electron chi connectivity index (χ3n) is 16.7. The highest BCUT2D eigenvalue weighted by atomic mass is 16.4. The summed E-state index contributed by atoms with van der Waals surface area (Å²) in [6, 6.07) is -10.5. The van der Waals surface area contributed by atoms with Crippen LogP contribution >= 0.6 is 0 Å². The SMILES string of the molecule is CCC(=O)[C@@H](CC)CCCCNC(=O)CC[C@H](NC(=O)CC[C@H](CC(=O)CC[C@H](NC(=O)CC[C@H](CC(=O)CC[C@H](NC(=O)CC[C@H](NC(=O)CC[C@H](NC(=O)CC[C@H](CC(=O)CC[C@H](NC(=O)CC[C@H](CC(C)=O)C(=O)O)C(=O)O)C(=O)O)C(=O)O)C(=O)O)C(=O)O)C(=O)O)C(=O)O)C(=O)O)C(=O)O. The second kappa shape index (κ2) is 50.7. The van der Waals surface area contributed by atoms with Crippen molar-refractivity contribution in [3.05, 3.63) is 0 Å². The van der Waals surface area contributed by atoms with Crippen LogP contribution in [-0.4, -0.2) is 224 Å². The first kappa shape index (κ1) is 94.3. The summed E-state index contributed by atoms with van der Waals surface area (Å²) in [5.74, 6) is -31.2. The van der Waals surface area contributed by atoms with E-state index in [0.29, 0.717) is 32.1 Å². The number of aliphatic carboxylic acids is 10. The van der Waals surface area contributed by atoms with Gasteiger partial charge in [0.15, 0.2) is 0 Å². The lowest BCUT2D eigenvalue weighted by molar-refractivity contribution is -0.145. The smallest absolute Gasteiger partial charge is 0.326 e. The molecule has 39 heteroatoms. The number of hydrogen-bond acceptors (Lipinski definition) is 22. The van der Waals surface area contributed by atoms with Crippen LogP contribution in [0.3, 0.4) is 0 Å². The molecule has 0 unspecified atom stereocenters. The molecule has 0 aliphatic carbocycles. The summed E-state index contributed by atoms with van der Waals surface area (Å²) in [6.45, 7) is 5.12. The summed E-state index contributed by atoms with van der Waals surface area (Å²) >= 11 is 0. The van der Waals surface area contributed by atoms with E-state index in [2.05, 4.69) is 31.9 Å². The fourth-order valence-electron chi connectivity index (χ4n) is 10.5. The number of amides is 7. The number of Topliss-reactive ketones (excluding diaryl/α,β-unsaturated/α-hetero) is 5. The first-order valence-corrected chi connectivity index (χ1v) is 34.0. The van der Waals surface area contributed by atoms with Gasteiger partial charge in [0.1, 0.15) is 65.2 Å². The highest BCUT2D eigenvalue weighted by Gasteiger charge is 2.33. The maximum absolute atomic E-state index is 12.9. The van der Waals surface area contributed by atoms with Crippen LogP contribution in [0, 0.1) is 29.6 Å². The molecule has 0 bridgehead atoms. The Morgan fingerprint density at radius 3 is 0.705 bits per heavy atom. The molecule has 588 valence electrons. The number of unbranched alkanes of at least 4 members (excludes halogenated alkanes) is 1. The van der Waals surface area contributed by atoms with Crippen molar-refractivity contribution in [2.45, 2.75) is 243 Å². The molecule has 17 N–H and O–H groups in total. The second-order valence-corrected chi connectivity index (χ2v) is 25.2. The minimum atomic E-state index is -1.85. The maximum Gasteiger partial charge on any atom is 0.326 e. The van der Waals surface area contributed by atoms with E-state index in [1.54, 1.807) is 6.92 Å². The lowest BCUT2D eigenvalue weighted by Crippen LogP contribution is -2.45. The van der Waals surface area contributed by atoms with E-state index < -0.39 is 313 Å². The van der Waals surface area contributed by atoms with E-state index in [4.69, 9.17) is 0 Å². The van der Waals surface area contributed by atoms with Crippen molar-refractivity contribution in [3.8, 4) is 0 Å². The predicted molar refractivity (Wildman–Crippen MR) is 354 cm³/mol. The van der Waals surface area contributed by atoms with E-state index in [0.717, 1.165) is 6.92 Å². The minimum absolute atomic E-state index is 0.0646. The van der Waals surface area contributed by atoms with Gasteiger partial charge in [-0.2, -0.15) is 0 Å². The topological polar surface area (TPSA) is 662 Å². The molecule has 0 aromatic rings. The normalized spacial score (nSPS) is 14.1. The van der Waals surface area contributed by atoms with Crippen LogP contribution in [0.1, 0.15) is 207 Å². The van der Waals surface area contributed by atoms with Gasteiger partial charge in [0.25, 0.3) is 0 Å². The lowest BCUT2D eigenvalue weighted by Gasteiger charge is -2.18. The van der Waals surface area contributed by atoms with Gasteiger partial charge in [-0.25, -0.2) is 28.8 Å². The fraction of sp³-hybridized carbons (Fsp3) is 0.667. The number of carboxylic acid groups (broad SMARTS) is 10. The lowest BCUT2D eigenvalue weighted by atomic mass is 9.93. The van der Waals surface area contributed by atoms with Gasteiger partial charge in [-0.15, -0.1) is 0 Å². The molecule has 105 heavy (non-hydrogen) atoms. The monoisotopic (exact) mass is 1500 g/mol. The van der Waals surface area contributed by atoms with Crippen LogP contribution in [0.15, 0.2) is 0 Å². The van der Waals surface area contributed by atoms with Gasteiger partial charge in [-0.3, -0.25) is 71.9 Å². The van der Waals surface area contributed by atoms with Crippen molar-refractivity contribution < 1.29 is 157 Å². The number of carboxylic acids is 10. The summed E-state index contributed by atoms with van der Waals surface area (Å²) in [4.78, 5) is 270. The van der Waals surface area contributed by atoms with Gasteiger partial charge in [0.05, 0.1) is 23.7 Å². The minimum Gasteiger partial charge on any atom is -0.481 e. The first-order valence-electron chi connectivity index (χ1n) is 34.0. The standard InChI is InChI=1S/C66H97N7O32/c1-4-35(49(78)5-2)8-6-7-29-67-50(79)26-19-46(64(100)101)71-53(82)24-11-38(59(90)91)32-41(76)14-17-44(62(96)97)69-52(81)23-10-37(58(88)89)31-42(77)15-18-45(63(98)99)70-55(84)27-21-48(66(104)105)73-56(85)28-20-47(65(102)103)72-54(83)25-12-39(60(92)93)33-40(75)13-16-43(61(94)95)68-51(80)22-9-36(57(86)87)30-34(3)74/h35-39,43-48H,4-33H2,1-3H3,(H,67,79)(H,68,80)(H,69,81)(H,70,84)(H,71,82)(H,72,83)(H,73,85)(H,86,87)(H,88,89)(H,90,91)(H,92,93)(H,94,95)(H,96,97)(H,98,99)(H,100,101)(H,102,103)(H,104,105)/t35-,36+,37+,38+,39+,43-,44-,45-,46-,47-,48-/m0/s1. The molecule has 7 amide bonds. The van der Waals surface area contributed by atoms with Gasteiger partial charge in [0, 0.05) is 109 Å². The average molecular weight is 1500 g/mol. The van der Waals surface area contributed by atoms with E-state index in [1.165, 1.54) is 0 Å². The van der Waals surface area contributed by atoms with Crippen molar-refractivity contribution in [3.63, 3.8) is 0 Å². The Morgan fingerprint density at radius 2 is 0.486 bits per heavy atom. The van der Waals surface area contributed by atoms with Crippen molar-refractivity contribution in [2.24, 2.45) is 29.6 Å². The zero-order valence-electron chi connectivity index (χ0n) is 58.5. The Hall–Kier alpha value is -10.7. The summed E-state index contributed by atoms with van der Waals surface area (Å²) in [5, 5.41) is 112. The van der Waals surface area contributed by atoms with Crippen LogP contribution in [0.5, 0.6) is 0 Å². The van der Waals surface area contributed by atoms with E-state index in [-0.39, 0.29) is 43.9 Å². The van der Waals surface area contributed by atoms with Gasteiger partial charge in [0.2, 0.25) is 41.4 Å². The van der Waals surface area contributed by atoms with Gasteiger partial charge < -0.3 is 93.1 Å². The third-order valence-corrected chi connectivity index (χ3v) is 16.7. The molecule has 39 nitrogen and oxygen atoms in total. The van der Waals surface area contributed by atoms with Crippen LogP contribution in [0.2, 0.25) is 0 Å². The van der Waals surface area contributed by atoms with Crippen molar-refractivity contribution in [1.82, 2.24) is 37.2 Å². The molecule has 0 aliphatic rings. The Balaban J connectivity index is 5.25. The zero-order valence-corrected chi connectivity index (χ0v) is 58.5. The van der Waals surface area contributed by atoms with Crippen molar-refractivity contribution in [2.75, 3.05) is 6.54 Å². The molecule has 11 atom stereocenters. The molecule has 0 rings (SSSR count). The summed E-state index contributed by atoms with van der Waals surface area (Å²) in [6.07, 6.45) is -11.0. The Labute approximate surface area is 601 Å². The molecule has 0 radical (unpaired) electrons. The second-order valence-electron chi connectivity index (χ2n) is 25.2. The summed E-state index contributed by atoms with van der Waals surface area (Å²) in [7, 11) is 0. The molecule has 0 aromatic heterocycles. The van der Waals surface area contributed by atoms with Crippen molar-refractivity contribution in [1.29, 1.82) is 0 Å². The largest absolute Gasteiger partial charge is 0.481 e. The van der Waals surface area contributed by atoms with E-state index >= 15 is 0 Å². The number of rotatable bonds is 62. The number of carbonyl (C=O) groups is 22. The predicted octanol–water partition coefficient (Wildman–Crippen LogP) is 0.156. The van der Waals surface area contributed by atoms with Crippen molar-refractivity contribution >= 4 is 130 Å². The van der Waals surface area contributed by atoms with Gasteiger partial charge in [-0.05, 0) is 90.4 Å². The van der Waals surface area contributed by atoms with Crippen LogP contribution in [0.25, 0.3) is 0 Å². The summed E-state index contributed by atoms with van der Waals surface area (Å²) in [5.41, 5.74) is 0.